The molecule has 4 nitrogen and oxygen atoms in total. The summed E-state index contributed by atoms with van der Waals surface area (Å²) in [6, 6.07) is 10.1. The van der Waals surface area contributed by atoms with Crippen molar-refractivity contribution in [1.29, 1.82) is 0 Å². The first-order valence-electron chi connectivity index (χ1n) is 7.01. The molecule has 1 aliphatic heterocycles. The number of carbonyl (C=O) groups is 1. The Morgan fingerprint density at radius 2 is 2.24 bits per heavy atom. The highest BCUT2D eigenvalue weighted by molar-refractivity contribution is 5.94. The van der Waals surface area contributed by atoms with E-state index in [1.807, 2.05) is 6.07 Å². The van der Waals surface area contributed by atoms with Crippen LogP contribution in [0.25, 0.3) is 0 Å². The Kier molecular flexibility index (Phi) is 3.75. The third-order valence-electron chi connectivity index (χ3n) is 3.95. The number of hydrogen-bond donors (Lipinski definition) is 1. The molecule has 0 bridgehead atoms. The first-order chi connectivity index (χ1) is 10.1. The van der Waals surface area contributed by atoms with Gasteiger partial charge in [0.15, 0.2) is 0 Å². The van der Waals surface area contributed by atoms with Crippen molar-refractivity contribution in [2.24, 2.45) is 0 Å². The summed E-state index contributed by atoms with van der Waals surface area (Å²) in [6.45, 7) is 2.26. The highest BCUT2D eigenvalue weighted by atomic mass is 19.1. The molecule has 1 N–H and O–H groups in total. The maximum Gasteiger partial charge on any atom is 0.251 e. The standard InChI is InChI=1S/C16H18FN3O/c1-19-10-14-6-3-7-20(14)11-15(19)9-18-16(21)12-4-2-5-13(17)8-12/h2-8,15H,9-11H2,1H3,(H,18,21). The second kappa shape index (κ2) is 5.69. The van der Waals surface area contributed by atoms with Gasteiger partial charge in [0.25, 0.3) is 5.91 Å². The molecular weight excluding hydrogens is 269 g/mol. The molecule has 1 unspecified atom stereocenters. The molecule has 21 heavy (non-hydrogen) atoms. The van der Waals surface area contributed by atoms with Gasteiger partial charge < -0.3 is 9.88 Å². The number of nitrogens with zero attached hydrogens (tertiary/aromatic N) is 2. The van der Waals surface area contributed by atoms with Crippen LogP contribution in [0.3, 0.4) is 0 Å². The maximum atomic E-state index is 13.1. The number of amides is 1. The van der Waals surface area contributed by atoms with E-state index < -0.39 is 5.82 Å². The van der Waals surface area contributed by atoms with Gasteiger partial charge in [0, 0.05) is 43.1 Å². The molecule has 1 aliphatic rings. The largest absolute Gasteiger partial charge is 0.350 e. The molecule has 0 radical (unpaired) electrons. The van der Waals surface area contributed by atoms with Crippen molar-refractivity contribution in [3.05, 3.63) is 59.7 Å². The zero-order valence-electron chi connectivity index (χ0n) is 11.9. The van der Waals surface area contributed by atoms with Gasteiger partial charge in [0.05, 0.1) is 0 Å². The van der Waals surface area contributed by atoms with Crippen molar-refractivity contribution in [1.82, 2.24) is 14.8 Å². The minimum Gasteiger partial charge on any atom is -0.350 e. The van der Waals surface area contributed by atoms with Gasteiger partial charge in [-0.25, -0.2) is 4.39 Å². The molecule has 2 aromatic rings. The van der Waals surface area contributed by atoms with E-state index in [9.17, 15) is 9.18 Å². The lowest BCUT2D eigenvalue weighted by Gasteiger charge is -2.34. The lowest BCUT2D eigenvalue weighted by molar-refractivity contribution is 0.0925. The smallest absolute Gasteiger partial charge is 0.251 e. The quantitative estimate of drug-likeness (QED) is 0.936. The van der Waals surface area contributed by atoms with Gasteiger partial charge in [-0.3, -0.25) is 9.69 Å². The number of hydrogen-bond acceptors (Lipinski definition) is 2. The summed E-state index contributed by atoms with van der Waals surface area (Å²) >= 11 is 0. The van der Waals surface area contributed by atoms with Crippen LogP contribution in [-0.2, 0) is 13.1 Å². The van der Waals surface area contributed by atoms with Crippen LogP contribution in [0, 0.1) is 5.82 Å². The summed E-state index contributed by atoms with van der Waals surface area (Å²) in [5, 5.41) is 2.89. The van der Waals surface area contributed by atoms with E-state index in [0.717, 1.165) is 13.1 Å². The van der Waals surface area contributed by atoms with Crippen LogP contribution >= 0.6 is 0 Å². The molecule has 1 aromatic heterocycles. The zero-order chi connectivity index (χ0) is 14.8. The van der Waals surface area contributed by atoms with Crippen molar-refractivity contribution in [2.75, 3.05) is 13.6 Å². The summed E-state index contributed by atoms with van der Waals surface area (Å²) in [5.74, 6) is -0.629. The molecule has 2 heterocycles. The first-order valence-corrected chi connectivity index (χ1v) is 7.01. The summed E-state index contributed by atoms with van der Waals surface area (Å²) in [5.41, 5.74) is 1.64. The Labute approximate surface area is 123 Å². The number of benzene rings is 1. The van der Waals surface area contributed by atoms with Crippen molar-refractivity contribution in [3.8, 4) is 0 Å². The van der Waals surface area contributed by atoms with Crippen molar-refractivity contribution in [3.63, 3.8) is 0 Å². The van der Waals surface area contributed by atoms with Gasteiger partial charge in [-0.2, -0.15) is 0 Å². The van der Waals surface area contributed by atoms with E-state index in [1.165, 1.54) is 17.8 Å². The van der Waals surface area contributed by atoms with E-state index in [1.54, 1.807) is 12.1 Å². The van der Waals surface area contributed by atoms with E-state index >= 15 is 0 Å². The summed E-state index contributed by atoms with van der Waals surface area (Å²) in [4.78, 5) is 14.3. The highest BCUT2D eigenvalue weighted by Crippen LogP contribution is 2.16. The molecule has 110 valence electrons. The van der Waals surface area contributed by atoms with Crippen LogP contribution in [-0.4, -0.2) is 35.0 Å². The van der Waals surface area contributed by atoms with Gasteiger partial charge in [0.2, 0.25) is 0 Å². The lowest BCUT2D eigenvalue weighted by Crippen LogP contribution is -2.47. The monoisotopic (exact) mass is 287 g/mol. The number of aromatic nitrogens is 1. The maximum absolute atomic E-state index is 13.1. The molecule has 3 rings (SSSR count). The Bertz CT molecular complexity index is 652. The fraction of sp³-hybridized carbons (Fsp3) is 0.312. The summed E-state index contributed by atoms with van der Waals surface area (Å²) in [6.07, 6.45) is 2.06. The van der Waals surface area contributed by atoms with Crippen LogP contribution in [0.1, 0.15) is 16.1 Å². The Morgan fingerprint density at radius 1 is 1.38 bits per heavy atom. The fourth-order valence-electron chi connectivity index (χ4n) is 2.68. The van der Waals surface area contributed by atoms with Crippen molar-refractivity contribution >= 4 is 5.91 Å². The highest BCUT2D eigenvalue weighted by Gasteiger charge is 2.23. The molecule has 0 spiro atoms. The number of nitrogens with one attached hydrogen (secondary N) is 1. The van der Waals surface area contributed by atoms with Crippen LogP contribution in [0.15, 0.2) is 42.6 Å². The molecular formula is C16H18FN3O. The minimum absolute atomic E-state index is 0.235. The summed E-state index contributed by atoms with van der Waals surface area (Å²) < 4.78 is 15.3. The zero-order valence-corrected chi connectivity index (χ0v) is 11.9. The van der Waals surface area contributed by atoms with E-state index in [2.05, 4.69) is 34.1 Å². The SMILES string of the molecule is CN1Cc2cccn2CC1CNC(=O)c1cccc(F)c1. The topological polar surface area (TPSA) is 37.3 Å². The van der Waals surface area contributed by atoms with Crippen molar-refractivity contribution in [2.45, 2.75) is 19.1 Å². The minimum atomic E-state index is -0.394. The second-order valence-electron chi connectivity index (χ2n) is 5.44. The second-order valence-corrected chi connectivity index (χ2v) is 5.44. The predicted molar refractivity (Wildman–Crippen MR) is 78.4 cm³/mol. The molecule has 5 heteroatoms. The Morgan fingerprint density at radius 3 is 3.05 bits per heavy atom. The molecule has 0 aliphatic carbocycles. The molecule has 0 fully saturated rings. The Balaban J connectivity index is 1.62. The molecule has 0 saturated heterocycles. The van der Waals surface area contributed by atoms with Gasteiger partial charge in [-0.05, 0) is 37.4 Å². The third-order valence-corrected chi connectivity index (χ3v) is 3.95. The predicted octanol–water partition coefficient (Wildman–Crippen LogP) is 1.87. The number of fused-ring (bicyclic) bond motifs is 1. The van der Waals surface area contributed by atoms with Crippen molar-refractivity contribution < 1.29 is 9.18 Å². The number of rotatable bonds is 3. The molecule has 0 saturated carbocycles. The third kappa shape index (κ3) is 2.97. The van der Waals surface area contributed by atoms with Gasteiger partial charge in [-0.1, -0.05) is 6.07 Å². The average Bonchev–Trinajstić information content (AvgIpc) is 2.91. The van der Waals surface area contributed by atoms with E-state index in [4.69, 9.17) is 0 Å². The average molecular weight is 287 g/mol. The molecule has 1 aromatic carbocycles. The van der Waals surface area contributed by atoms with Crippen LogP contribution in [0.4, 0.5) is 4.39 Å². The van der Waals surface area contributed by atoms with Crippen LogP contribution in [0.5, 0.6) is 0 Å². The molecule has 1 atom stereocenters. The Hall–Kier alpha value is -2.14. The molecule has 1 amide bonds. The van der Waals surface area contributed by atoms with Crippen LogP contribution in [0.2, 0.25) is 0 Å². The lowest BCUT2D eigenvalue weighted by atomic mass is 10.1. The fourth-order valence-corrected chi connectivity index (χ4v) is 2.68. The number of carbonyl (C=O) groups excluding carboxylic acids is 1. The van der Waals surface area contributed by atoms with Crippen LogP contribution < -0.4 is 5.32 Å². The van der Waals surface area contributed by atoms with Gasteiger partial charge >= 0.3 is 0 Å². The van der Waals surface area contributed by atoms with E-state index in [-0.39, 0.29) is 11.9 Å². The summed E-state index contributed by atoms with van der Waals surface area (Å²) in [7, 11) is 2.05. The number of likely N-dealkylation sites (N-methyl/N-ethyl adjacent to an activating group) is 1. The van der Waals surface area contributed by atoms with Gasteiger partial charge in [-0.15, -0.1) is 0 Å². The first kappa shape index (κ1) is 13.8. The number of halogens is 1. The van der Waals surface area contributed by atoms with Gasteiger partial charge in [0.1, 0.15) is 5.82 Å². The normalized spacial score (nSPS) is 18.3. The van der Waals surface area contributed by atoms with E-state index in [0.29, 0.717) is 12.1 Å².